The average molecular weight is 297 g/mol. The van der Waals surface area contributed by atoms with Crippen molar-refractivity contribution in [1.82, 2.24) is 0 Å². The van der Waals surface area contributed by atoms with E-state index in [-0.39, 0.29) is 6.10 Å². The molecule has 0 fully saturated rings. The van der Waals surface area contributed by atoms with Gasteiger partial charge in [-0.2, -0.15) is 11.8 Å². The molecule has 0 aromatic heterocycles. The molecule has 1 radical (unpaired) electrons. The first-order chi connectivity index (χ1) is 9.81. The zero-order valence-corrected chi connectivity index (χ0v) is 13.4. The summed E-state index contributed by atoms with van der Waals surface area (Å²) >= 11 is 1.83. The number of hydrogen-bond acceptors (Lipinski definition) is 4. The predicted molar refractivity (Wildman–Crippen MR) is 84.5 cm³/mol. The second-order valence-corrected chi connectivity index (χ2v) is 5.16. The summed E-state index contributed by atoms with van der Waals surface area (Å²) in [6.07, 6.45) is 0.506. The predicted octanol–water partition coefficient (Wildman–Crippen LogP) is 3.89. The lowest BCUT2D eigenvalue weighted by Gasteiger charge is -2.24. The number of rotatable bonds is 11. The van der Waals surface area contributed by atoms with E-state index in [1.807, 2.05) is 38.6 Å². The van der Waals surface area contributed by atoms with Crippen LogP contribution >= 0.6 is 11.8 Å². The highest BCUT2D eigenvalue weighted by Gasteiger charge is 2.24. The summed E-state index contributed by atoms with van der Waals surface area (Å²) in [7, 11) is 0. The quantitative estimate of drug-likeness (QED) is 0.619. The Kier molecular flexibility index (Phi) is 9.75. The van der Waals surface area contributed by atoms with E-state index in [0.717, 1.165) is 11.5 Å². The van der Waals surface area contributed by atoms with Crippen molar-refractivity contribution in [3.05, 3.63) is 42.2 Å². The van der Waals surface area contributed by atoms with Crippen LogP contribution in [0.15, 0.2) is 30.3 Å². The Labute approximate surface area is 127 Å². The van der Waals surface area contributed by atoms with E-state index in [1.165, 1.54) is 5.56 Å². The van der Waals surface area contributed by atoms with E-state index < -0.39 is 0 Å². The molecule has 1 unspecified atom stereocenters. The molecule has 1 atom stereocenters. The second kappa shape index (κ2) is 11.1. The summed E-state index contributed by atoms with van der Waals surface area (Å²) in [5.41, 5.74) is 1.32. The van der Waals surface area contributed by atoms with E-state index in [9.17, 15) is 0 Å². The Morgan fingerprint density at radius 2 is 1.65 bits per heavy atom. The van der Waals surface area contributed by atoms with Gasteiger partial charge in [0.05, 0.1) is 0 Å². The van der Waals surface area contributed by atoms with Crippen molar-refractivity contribution in [2.24, 2.45) is 0 Å². The smallest absolute Gasteiger partial charge is 0.254 e. The summed E-state index contributed by atoms with van der Waals surface area (Å²) in [4.78, 5) is 0. The molecule has 0 amide bonds. The van der Waals surface area contributed by atoms with Gasteiger partial charge in [0.2, 0.25) is 0 Å². The van der Waals surface area contributed by atoms with Crippen molar-refractivity contribution >= 4 is 11.8 Å². The molecule has 1 rings (SSSR count). The number of thioether (sulfide) groups is 1. The van der Waals surface area contributed by atoms with Crippen molar-refractivity contribution in [2.75, 3.05) is 25.6 Å². The molecule has 0 aliphatic carbocycles. The van der Waals surface area contributed by atoms with Crippen LogP contribution in [0, 0.1) is 6.29 Å². The van der Waals surface area contributed by atoms with Gasteiger partial charge in [-0.15, -0.1) is 0 Å². The van der Waals surface area contributed by atoms with E-state index in [4.69, 9.17) is 14.2 Å². The molecule has 0 bridgehead atoms. The fourth-order valence-electron chi connectivity index (χ4n) is 1.76. The minimum Gasteiger partial charge on any atom is -0.372 e. The molecule has 1 aromatic rings. The van der Waals surface area contributed by atoms with Gasteiger partial charge in [0.25, 0.3) is 6.29 Å². The zero-order valence-electron chi connectivity index (χ0n) is 12.6. The van der Waals surface area contributed by atoms with Crippen LogP contribution in [0.25, 0.3) is 0 Å². The molecule has 0 saturated carbocycles. The van der Waals surface area contributed by atoms with Gasteiger partial charge in [-0.3, -0.25) is 0 Å². The van der Waals surface area contributed by atoms with Crippen molar-refractivity contribution in [3.8, 4) is 0 Å². The number of ether oxygens (including phenoxy) is 3. The standard InChI is InChI=1S/C16H25O3S/c1-4-17-15(16(18-5-2)19-6-3)13-20-12-14-10-8-7-9-11-14/h7-11,15H,4-6,12-13H2,1-3H3. The fourth-order valence-corrected chi connectivity index (χ4v) is 2.75. The first kappa shape index (κ1) is 17.5. The lowest BCUT2D eigenvalue weighted by atomic mass is 10.2. The number of benzene rings is 1. The first-order valence-electron chi connectivity index (χ1n) is 7.17. The van der Waals surface area contributed by atoms with Crippen molar-refractivity contribution in [2.45, 2.75) is 32.6 Å². The van der Waals surface area contributed by atoms with Gasteiger partial charge < -0.3 is 14.2 Å². The third-order valence-electron chi connectivity index (χ3n) is 2.58. The first-order valence-corrected chi connectivity index (χ1v) is 8.32. The van der Waals surface area contributed by atoms with Crippen molar-refractivity contribution in [3.63, 3.8) is 0 Å². The molecule has 0 spiro atoms. The third-order valence-corrected chi connectivity index (χ3v) is 3.66. The zero-order chi connectivity index (χ0) is 14.6. The van der Waals surface area contributed by atoms with Crippen LogP contribution in [-0.2, 0) is 20.0 Å². The van der Waals surface area contributed by atoms with Gasteiger partial charge in [-0.1, -0.05) is 30.3 Å². The summed E-state index contributed by atoms with van der Waals surface area (Å²) in [6, 6.07) is 10.4. The molecule has 113 valence electrons. The second-order valence-electron chi connectivity index (χ2n) is 4.13. The van der Waals surface area contributed by atoms with Gasteiger partial charge in [0.1, 0.15) is 6.10 Å². The molecule has 0 N–H and O–H groups in total. The maximum absolute atomic E-state index is 5.74. The monoisotopic (exact) mass is 297 g/mol. The largest absolute Gasteiger partial charge is 0.372 e. The molecule has 0 aliphatic heterocycles. The molecule has 3 nitrogen and oxygen atoms in total. The number of hydrogen-bond donors (Lipinski definition) is 0. The average Bonchev–Trinajstić information content (AvgIpc) is 2.47. The van der Waals surface area contributed by atoms with Crippen LogP contribution in [0.5, 0.6) is 0 Å². The highest BCUT2D eigenvalue weighted by molar-refractivity contribution is 7.98. The Morgan fingerprint density at radius 1 is 1.00 bits per heavy atom. The highest BCUT2D eigenvalue weighted by Crippen LogP contribution is 2.21. The van der Waals surface area contributed by atoms with E-state index >= 15 is 0 Å². The van der Waals surface area contributed by atoms with E-state index in [2.05, 4.69) is 24.3 Å². The van der Waals surface area contributed by atoms with Gasteiger partial charge >= 0.3 is 0 Å². The van der Waals surface area contributed by atoms with Crippen LogP contribution in [-0.4, -0.2) is 31.7 Å². The minimum atomic E-state index is -0.103. The van der Waals surface area contributed by atoms with Crippen molar-refractivity contribution in [1.29, 1.82) is 0 Å². The summed E-state index contributed by atoms with van der Waals surface area (Å²) in [5, 5.41) is 0. The lowest BCUT2D eigenvalue weighted by Crippen LogP contribution is -2.29. The van der Waals surface area contributed by atoms with Crippen molar-refractivity contribution < 1.29 is 14.2 Å². The minimum absolute atomic E-state index is 0.103. The maximum atomic E-state index is 5.74. The molecule has 0 heterocycles. The molecular weight excluding hydrogens is 272 g/mol. The molecule has 4 heteroatoms. The van der Waals surface area contributed by atoms with Crippen LogP contribution in [0.3, 0.4) is 0 Å². The molecular formula is C16H25O3S. The molecule has 1 aromatic carbocycles. The topological polar surface area (TPSA) is 27.7 Å². The van der Waals surface area contributed by atoms with Crippen LogP contribution < -0.4 is 0 Å². The van der Waals surface area contributed by atoms with Gasteiger partial charge in [-0.05, 0) is 26.3 Å². The fraction of sp³-hybridized carbons (Fsp3) is 0.562. The molecule has 0 saturated heterocycles. The Hall–Kier alpha value is -0.550. The van der Waals surface area contributed by atoms with Crippen LogP contribution in [0.1, 0.15) is 26.3 Å². The molecule has 0 aliphatic rings. The van der Waals surface area contributed by atoms with Gasteiger partial charge in [-0.25, -0.2) is 0 Å². The highest BCUT2D eigenvalue weighted by atomic mass is 32.2. The Balaban J connectivity index is 2.44. The summed E-state index contributed by atoms with van der Waals surface area (Å²) in [6.45, 7) is 7.76. The Bertz CT molecular complexity index is 326. The van der Waals surface area contributed by atoms with Crippen LogP contribution in [0.2, 0.25) is 0 Å². The molecule has 20 heavy (non-hydrogen) atoms. The Morgan fingerprint density at radius 3 is 2.20 bits per heavy atom. The maximum Gasteiger partial charge on any atom is 0.254 e. The van der Waals surface area contributed by atoms with Gasteiger partial charge in [0.15, 0.2) is 0 Å². The SMILES string of the molecule is CCO[C](OCC)C(CSCc1ccccc1)OCC. The third kappa shape index (κ3) is 6.75. The summed E-state index contributed by atoms with van der Waals surface area (Å²) < 4.78 is 16.9. The summed E-state index contributed by atoms with van der Waals surface area (Å²) in [5.74, 6) is 1.80. The van der Waals surface area contributed by atoms with Crippen LogP contribution in [0.4, 0.5) is 0 Å². The van der Waals surface area contributed by atoms with E-state index in [1.54, 1.807) is 0 Å². The lowest BCUT2D eigenvalue weighted by molar-refractivity contribution is -0.109. The van der Waals surface area contributed by atoms with E-state index in [0.29, 0.717) is 26.1 Å². The van der Waals surface area contributed by atoms with Gasteiger partial charge in [0, 0.05) is 31.3 Å². The normalized spacial score (nSPS) is 12.8.